The van der Waals surface area contributed by atoms with Gasteiger partial charge in [0, 0.05) is 45.2 Å². The van der Waals surface area contributed by atoms with Gasteiger partial charge in [0.1, 0.15) is 0 Å². The van der Waals surface area contributed by atoms with E-state index in [0.29, 0.717) is 49.2 Å². The van der Waals surface area contributed by atoms with Crippen molar-refractivity contribution in [2.24, 2.45) is 69.1 Å². The average Bonchev–Trinajstić information content (AvgIpc) is 3.26. The maximum absolute atomic E-state index is 14.0. The molecular weight excluding hydrogens is 524 g/mol. The highest BCUT2D eigenvalue weighted by Crippen LogP contribution is 2.74. The van der Waals surface area contributed by atoms with Gasteiger partial charge in [-0.1, -0.05) is 54.4 Å². The van der Waals surface area contributed by atoms with Crippen molar-refractivity contribution in [3.05, 3.63) is 0 Å². The first-order chi connectivity index (χ1) is 19.8. The first-order valence-corrected chi connectivity index (χ1v) is 17.6. The van der Waals surface area contributed by atoms with Crippen LogP contribution >= 0.6 is 0 Å². The van der Waals surface area contributed by atoms with Gasteiger partial charge in [0.05, 0.1) is 12.2 Å². The molecule has 4 aliphatic carbocycles. The topological polar surface area (TPSA) is 125 Å². The van der Waals surface area contributed by atoms with E-state index < -0.39 is 0 Å². The van der Waals surface area contributed by atoms with Crippen molar-refractivity contribution in [2.75, 3.05) is 39.3 Å². The van der Waals surface area contributed by atoms with Crippen LogP contribution in [-0.4, -0.2) is 72.5 Å². The second-order valence-corrected chi connectivity index (χ2v) is 16.2. The fourth-order valence-corrected chi connectivity index (χ4v) is 11.4. The zero-order chi connectivity index (χ0) is 30.9. The Hall–Kier alpha value is -0.730. The number of rotatable bonds is 13. The number of aliphatic hydroxyl groups is 2. The van der Waals surface area contributed by atoms with E-state index in [1.54, 1.807) is 0 Å². The number of nitrogens with zero attached hydrogens (tertiary/aromatic N) is 1. The quantitative estimate of drug-likeness (QED) is 0.217. The van der Waals surface area contributed by atoms with E-state index >= 15 is 0 Å². The first-order valence-electron chi connectivity index (χ1n) is 17.6. The molecule has 244 valence electrons. The van der Waals surface area contributed by atoms with Gasteiger partial charge in [-0.25, -0.2) is 0 Å². The van der Waals surface area contributed by atoms with Crippen LogP contribution in [0.3, 0.4) is 0 Å². The van der Waals surface area contributed by atoms with Crippen molar-refractivity contribution in [3.63, 3.8) is 0 Å². The van der Waals surface area contributed by atoms with Crippen molar-refractivity contribution in [3.8, 4) is 0 Å². The zero-order valence-corrected chi connectivity index (χ0v) is 27.9. The van der Waals surface area contributed by atoms with Gasteiger partial charge < -0.3 is 27.0 Å². The molecule has 7 N–H and O–H groups in total. The predicted molar refractivity (Wildman–Crippen MR) is 172 cm³/mol. The van der Waals surface area contributed by atoms with Crippen LogP contribution in [0.1, 0.15) is 106 Å². The molecule has 0 radical (unpaired) electrons. The number of hydrogen-bond acceptors (Lipinski definition) is 6. The van der Waals surface area contributed by atoms with Gasteiger partial charge in [-0.05, 0) is 103 Å². The molecule has 7 nitrogen and oxygen atoms in total. The second kappa shape index (κ2) is 13.7. The molecule has 0 spiro atoms. The fourth-order valence-electron chi connectivity index (χ4n) is 11.4. The van der Waals surface area contributed by atoms with Gasteiger partial charge in [-0.2, -0.15) is 0 Å². The van der Waals surface area contributed by atoms with Gasteiger partial charge in [0.15, 0.2) is 0 Å². The number of hydrogen-bond donors (Lipinski definition) is 5. The maximum Gasteiger partial charge on any atom is 0.223 e. The lowest BCUT2D eigenvalue weighted by Gasteiger charge is -2.69. The molecule has 11 atom stereocenters. The van der Waals surface area contributed by atoms with Crippen molar-refractivity contribution < 1.29 is 15.0 Å². The summed E-state index contributed by atoms with van der Waals surface area (Å²) in [5.41, 5.74) is 11.8. The molecule has 0 heterocycles. The normalized spacial score (nSPS) is 42.2. The third-order valence-electron chi connectivity index (χ3n) is 13.7. The van der Waals surface area contributed by atoms with Crippen molar-refractivity contribution >= 4 is 5.91 Å². The molecular formula is C35H66N4O3. The molecule has 0 saturated heterocycles. The third-order valence-corrected chi connectivity index (χ3v) is 13.7. The average molecular weight is 591 g/mol. The summed E-state index contributed by atoms with van der Waals surface area (Å²) in [6, 6.07) is 0. The minimum absolute atomic E-state index is 0.00262. The second-order valence-electron chi connectivity index (χ2n) is 16.2. The summed E-state index contributed by atoms with van der Waals surface area (Å²) in [6.45, 7) is 18.4. The number of fused-ring (bicyclic) bond motifs is 5. The number of nitrogens with two attached hydrogens (primary N) is 2. The number of amides is 1. The summed E-state index contributed by atoms with van der Waals surface area (Å²) in [7, 11) is 0. The first kappa shape index (κ1) is 34.1. The molecule has 0 aromatic rings. The number of carbonyl (C=O) groups excluding carboxylic acids is 1. The molecule has 0 aromatic heterocycles. The molecule has 4 aliphatic rings. The Morgan fingerprint density at radius 3 is 2.21 bits per heavy atom. The highest BCUT2D eigenvalue weighted by molar-refractivity contribution is 5.79. The van der Waals surface area contributed by atoms with E-state index in [-0.39, 0.29) is 46.2 Å². The van der Waals surface area contributed by atoms with E-state index in [1.165, 1.54) is 0 Å². The Morgan fingerprint density at radius 1 is 0.905 bits per heavy atom. The van der Waals surface area contributed by atoms with E-state index in [9.17, 15) is 15.0 Å². The lowest BCUT2D eigenvalue weighted by atomic mass is 9.36. The lowest BCUT2D eigenvalue weighted by Crippen LogP contribution is -2.66. The van der Waals surface area contributed by atoms with Gasteiger partial charge in [0.2, 0.25) is 5.91 Å². The number of carbonyl (C=O) groups is 1. The van der Waals surface area contributed by atoms with Gasteiger partial charge in [0.25, 0.3) is 0 Å². The predicted octanol–water partition coefficient (Wildman–Crippen LogP) is 4.39. The standard InChI is InChI=1S/C35H66N4O3/c1-23(2)8-7-9-26(32(42)38-18-21-39(19-16-36)20-17-37)25-10-14-34(5)28(25)22-30(41)31-33(4)13-12-29(40)24(3)27(33)11-15-35(31,34)6/h23-31,40-41H,7-22,36-37H2,1-6H3,(H,38,42)/t24-,25-,26?,27?,28?,29+,30+,31?,33-,34-,35-/m0/s1. The molecule has 0 aliphatic heterocycles. The minimum atomic E-state index is -0.343. The molecule has 0 aromatic carbocycles. The Balaban J connectivity index is 1.55. The summed E-state index contributed by atoms with van der Waals surface area (Å²) in [6.07, 6.45) is 9.76. The van der Waals surface area contributed by atoms with Gasteiger partial charge >= 0.3 is 0 Å². The van der Waals surface area contributed by atoms with Crippen LogP contribution in [0.25, 0.3) is 0 Å². The summed E-state index contributed by atoms with van der Waals surface area (Å²) in [5.74, 6) is 2.53. The van der Waals surface area contributed by atoms with Crippen molar-refractivity contribution in [2.45, 2.75) is 118 Å². The van der Waals surface area contributed by atoms with Crippen LogP contribution in [0, 0.1) is 57.7 Å². The summed E-state index contributed by atoms with van der Waals surface area (Å²) in [5, 5.41) is 26.2. The Labute approximate surface area is 257 Å². The summed E-state index contributed by atoms with van der Waals surface area (Å²) in [4.78, 5) is 16.2. The molecule has 4 unspecified atom stereocenters. The van der Waals surface area contributed by atoms with E-state index in [4.69, 9.17) is 11.5 Å². The molecule has 7 heteroatoms. The molecule has 4 rings (SSSR count). The maximum atomic E-state index is 14.0. The highest BCUT2D eigenvalue weighted by atomic mass is 16.3. The largest absolute Gasteiger partial charge is 0.393 e. The Morgan fingerprint density at radius 2 is 1.57 bits per heavy atom. The molecule has 4 fully saturated rings. The molecule has 1 amide bonds. The van der Waals surface area contributed by atoms with Crippen LogP contribution in [0.2, 0.25) is 0 Å². The van der Waals surface area contributed by atoms with Crippen LogP contribution < -0.4 is 16.8 Å². The Kier molecular flexibility index (Phi) is 11.2. The zero-order valence-electron chi connectivity index (χ0n) is 27.9. The van der Waals surface area contributed by atoms with Crippen LogP contribution in [-0.2, 0) is 4.79 Å². The highest BCUT2D eigenvalue weighted by Gasteiger charge is 2.70. The number of nitrogens with one attached hydrogen (secondary N) is 1. The minimum Gasteiger partial charge on any atom is -0.393 e. The van der Waals surface area contributed by atoms with Crippen LogP contribution in [0.15, 0.2) is 0 Å². The smallest absolute Gasteiger partial charge is 0.223 e. The Bertz CT molecular complexity index is 895. The third kappa shape index (κ3) is 6.21. The van der Waals surface area contributed by atoms with Crippen LogP contribution in [0.4, 0.5) is 0 Å². The van der Waals surface area contributed by atoms with E-state index in [0.717, 1.165) is 83.8 Å². The lowest BCUT2D eigenvalue weighted by molar-refractivity contribution is -0.239. The van der Waals surface area contributed by atoms with E-state index in [2.05, 4.69) is 51.8 Å². The van der Waals surface area contributed by atoms with Crippen molar-refractivity contribution in [1.82, 2.24) is 10.2 Å². The monoisotopic (exact) mass is 591 g/mol. The van der Waals surface area contributed by atoms with E-state index in [1.807, 2.05) is 0 Å². The fraction of sp³-hybridized carbons (Fsp3) is 0.971. The van der Waals surface area contributed by atoms with Gasteiger partial charge in [-0.15, -0.1) is 0 Å². The molecule has 42 heavy (non-hydrogen) atoms. The van der Waals surface area contributed by atoms with Crippen LogP contribution in [0.5, 0.6) is 0 Å². The van der Waals surface area contributed by atoms with Crippen molar-refractivity contribution in [1.29, 1.82) is 0 Å². The number of aliphatic hydroxyl groups excluding tert-OH is 2. The summed E-state index contributed by atoms with van der Waals surface area (Å²) >= 11 is 0. The molecule has 0 bridgehead atoms. The van der Waals surface area contributed by atoms with Gasteiger partial charge in [-0.3, -0.25) is 9.69 Å². The SMILES string of the molecule is CC(C)CCCC(C(=O)NCCN(CCN)CCN)[C@@H]1CC[C@@]2(C)C1C[C@@H](O)C1[C@@]3(C)CC[C@@H](O)[C@@H](C)C3CC[C@@]12C. The molecule has 4 saturated carbocycles. The summed E-state index contributed by atoms with van der Waals surface area (Å²) < 4.78 is 0.